The average molecular weight is 307 g/mol. The van der Waals surface area contributed by atoms with Crippen molar-refractivity contribution in [2.24, 2.45) is 0 Å². The first-order valence-corrected chi connectivity index (χ1v) is 8.57. The van der Waals surface area contributed by atoms with Gasteiger partial charge in [0.2, 0.25) is 5.95 Å². The van der Waals surface area contributed by atoms with Crippen LogP contribution in [0.2, 0.25) is 0 Å². The second kappa shape index (κ2) is 7.32. The first-order valence-electron chi connectivity index (χ1n) is 8.57. The SMILES string of the molecule is CCCCCCn1c(Nc2cccc(C)c2)nc2ccccc21. The van der Waals surface area contributed by atoms with Gasteiger partial charge in [-0.05, 0) is 43.2 Å². The van der Waals surface area contributed by atoms with E-state index >= 15 is 0 Å². The summed E-state index contributed by atoms with van der Waals surface area (Å²) < 4.78 is 2.31. The van der Waals surface area contributed by atoms with Gasteiger partial charge in [0.25, 0.3) is 0 Å². The number of nitrogens with one attached hydrogen (secondary N) is 1. The van der Waals surface area contributed by atoms with Gasteiger partial charge in [0.15, 0.2) is 0 Å². The third-order valence-corrected chi connectivity index (χ3v) is 4.16. The molecular weight excluding hydrogens is 282 g/mol. The number of benzene rings is 2. The molecule has 3 aromatic rings. The van der Waals surface area contributed by atoms with Crippen LogP contribution in [0.3, 0.4) is 0 Å². The summed E-state index contributed by atoms with van der Waals surface area (Å²) in [5.41, 5.74) is 4.60. The Bertz CT molecular complexity index is 773. The molecule has 0 amide bonds. The number of fused-ring (bicyclic) bond motifs is 1. The minimum absolute atomic E-state index is 0.938. The molecule has 2 aromatic carbocycles. The smallest absolute Gasteiger partial charge is 0.208 e. The predicted molar refractivity (Wildman–Crippen MR) is 98.3 cm³/mol. The molecule has 0 atom stereocenters. The van der Waals surface area contributed by atoms with Gasteiger partial charge < -0.3 is 9.88 Å². The zero-order valence-corrected chi connectivity index (χ0v) is 14.0. The number of aryl methyl sites for hydroxylation is 2. The van der Waals surface area contributed by atoms with Crippen LogP contribution in [-0.2, 0) is 6.54 Å². The van der Waals surface area contributed by atoms with E-state index in [0.717, 1.165) is 23.7 Å². The van der Waals surface area contributed by atoms with Crippen molar-refractivity contribution in [3.05, 3.63) is 54.1 Å². The number of para-hydroxylation sites is 2. The van der Waals surface area contributed by atoms with Gasteiger partial charge in [-0.15, -0.1) is 0 Å². The molecule has 0 spiro atoms. The van der Waals surface area contributed by atoms with Gasteiger partial charge in [-0.3, -0.25) is 0 Å². The first-order chi connectivity index (χ1) is 11.3. The maximum absolute atomic E-state index is 4.79. The largest absolute Gasteiger partial charge is 0.326 e. The number of hydrogen-bond donors (Lipinski definition) is 1. The van der Waals surface area contributed by atoms with Crippen molar-refractivity contribution in [2.45, 2.75) is 46.1 Å². The Balaban J connectivity index is 1.88. The summed E-state index contributed by atoms with van der Waals surface area (Å²) in [6.07, 6.45) is 5.02. The summed E-state index contributed by atoms with van der Waals surface area (Å²) in [7, 11) is 0. The molecule has 3 rings (SSSR count). The lowest BCUT2D eigenvalue weighted by atomic mass is 10.2. The maximum Gasteiger partial charge on any atom is 0.208 e. The van der Waals surface area contributed by atoms with Crippen LogP contribution in [0.5, 0.6) is 0 Å². The summed E-state index contributed by atoms with van der Waals surface area (Å²) in [5, 5.41) is 3.50. The first kappa shape index (κ1) is 15.6. The number of imidazole rings is 1. The number of rotatable bonds is 7. The van der Waals surface area contributed by atoms with Crippen LogP contribution in [0, 0.1) is 6.92 Å². The van der Waals surface area contributed by atoms with E-state index in [1.807, 2.05) is 6.07 Å². The molecule has 0 saturated heterocycles. The van der Waals surface area contributed by atoms with Crippen LogP contribution in [0.4, 0.5) is 11.6 Å². The number of hydrogen-bond acceptors (Lipinski definition) is 2. The number of nitrogens with zero attached hydrogens (tertiary/aromatic N) is 2. The fourth-order valence-electron chi connectivity index (χ4n) is 2.95. The molecule has 3 nitrogen and oxygen atoms in total. The Labute approximate surface area is 138 Å². The summed E-state index contributed by atoms with van der Waals surface area (Å²) in [5.74, 6) is 0.938. The standard InChI is InChI=1S/C20H25N3/c1-3-4-5-8-14-23-19-13-7-6-12-18(19)22-20(23)21-17-11-9-10-16(2)15-17/h6-7,9-13,15H,3-5,8,14H2,1-2H3,(H,21,22). The maximum atomic E-state index is 4.79. The van der Waals surface area contributed by atoms with E-state index in [2.05, 4.69) is 66.2 Å². The zero-order chi connectivity index (χ0) is 16.1. The Morgan fingerprint density at radius 2 is 1.87 bits per heavy atom. The molecule has 0 fully saturated rings. The van der Waals surface area contributed by atoms with Crippen LogP contribution in [0.15, 0.2) is 48.5 Å². The Morgan fingerprint density at radius 3 is 2.70 bits per heavy atom. The van der Waals surface area contributed by atoms with E-state index in [9.17, 15) is 0 Å². The summed E-state index contributed by atoms with van der Waals surface area (Å²) in [6, 6.07) is 16.8. The average Bonchev–Trinajstić information content (AvgIpc) is 2.89. The van der Waals surface area contributed by atoms with Gasteiger partial charge in [0.05, 0.1) is 11.0 Å². The van der Waals surface area contributed by atoms with Crippen LogP contribution in [0.25, 0.3) is 11.0 Å². The molecule has 0 saturated carbocycles. The van der Waals surface area contributed by atoms with E-state index in [1.165, 1.54) is 36.8 Å². The van der Waals surface area contributed by atoms with Crippen molar-refractivity contribution < 1.29 is 0 Å². The van der Waals surface area contributed by atoms with Crippen molar-refractivity contribution in [3.8, 4) is 0 Å². The molecular formula is C20H25N3. The molecule has 23 heavy (non-hydrogen) atoms. The molecule has 0 aliphatic rings. The third kappa shape index (κ3) is 3.73. The Hall–Kier alpha value is -2.29. The zero-order valence-electron chi connectivity index (χ0n) is 14.0. The van der Waals surface area contributed by atoms with Crippen LogP contribution in [0.1, 0.15) is 38.2 Å². The fourth-order valence-corrected chi connectivity index (χ4v) is 2.95. The van der Waals surface area contributed by atoms with E-state index in [0.29, 0.717) is 0 Å². The highest BCUT2D eigenvalue weighted by Crippen LogP contribution is 2.24. The minimum atomic E-state index is 0.938. The van der Waals surface area contributed by atoms with Gasteiger partial charge in [-0.25, -0.2) is 4.98 Å². The number of aromatic nitrogens is 2. The van der Waals surface area contributed by atoms with E-state index in [4.69, 9.17) is 4.98 Å². The lowest BCUT2D eigenvalue weighted by Crippen LogP contribution is -2.04. The third-order valence-electron chi connectivity index (χ3n) is 4.16. The van der Waals surface area contributed by atoms with Crippen LogP contribution < -0.4 is 5.32 Å². The molecule has 1 N–H and O–H groups in total. The van der Waals surface area contributed by atoms with Gasteiger partial charge >= 0.3 is 0 Å². The highest BCUT2D eigenvalue weighted by molar-refractivity contribution is 5.79. The topological polar surface area (TPSA) is 29.9 Å². The van der Waals surface area contributed by atoms with Gasteiger partial charge in [-0.2, -0.15) is 0 Å². The lowest BCUT2D eigenvalue weighted by Gasteiger charge is -2.11. The summed E-state index contributed by atoms with van der Waals surface area (Å²) in [4.78, 5) is 4.79. The Kier molecular flexibility index (Phi) is 4.96. The number of anilines is 2. The van der Waals surface area contributed by atoms with Crippen molar-refractivity contribution in [1.29, 1.82) is 0 Å². The van der Waals surface area contributed by atoms with E-state index in [1.54, 1.807) is 0 Å². The van der Waals surface area contributed by atoms with Crippen LogP contribution >= 0.6 is 0 Å². The van der Waals surface area contributed by atoms with Gasteiger partial charge in [0, 0.05) is 12.2 Å². The molecule has 1 heterocycles. The molecule has 0 radical (unpaired) electrons. The fraction of sp³-hybridized carbons (Fsp3) is 0.350. The Morgan fingerprint density at radius 1 is 1.00 bits per heavy atom. The van der Waals surface area contributed by atoms with Crippen molar-refractivity contribution >= 4 is 22.7 Å². The monoisotopic (exact) mass is 307 g/mol. The molecule has 0 unspecified atom stereocenters. The van der Waals surface area contributed by atoms with E-state index < -0.39 is 0 Å². The van der Waals surface area contributed by atoms with Gasteiger partial charge in [-0.1, -0.05) is 50.5 Å². The molecule has 3 heteroatoms. The highest BCUT2D eigenvalue weighted by atomic mass is 15.2. The second-order valence-electron chi connectivity index (χ2n) is 6.13. The summed E-state index contributed by atoms with van der Waals surface area (Å²) in [6.45, 7) is 5.37. The van der Waals surface area contributed by atoms with Crippen molar-refractivity contribution in [3.63, 3.8) is 0 Å². The second-order valence-corrected chi connectivity index (χ2v) is 6.13. The van der Waals surface area contributed by atoms with Gasteiger partial charge in [0.1, 0.15) is 0 Å². The number of unbranched alkanes of at least 4 members (excludes halogenated alkanes) is 3. The highest BCUT2D eigenvalue weighted by Gasteiger charge is 2.10. The molecule has 1 aromatic heterocycles. The van der Waals surface area contributed by atoms with Crippen LogP contribution in [-0.4, -0.2) is 9.55 Å². The molecule has 0 aliphatic heterocycles. The normalized spacial score (nSPS) is 11.0. The van der Waals surface area contributed by atoms with Crippen molar-refractivity contribution in [2.75, 3.05) is 5.32 Å². The summed E-state index contributed by atoms with van der Waals surface area (Å²) >= 11 is 0. The lowest BCUT2D eigenvalue weighted by molar-refractivity contribution is 0.595. The predicted octanol–water partition coefficient (Wildman–Crippen LogP) is 5.67. The molecule has 0 bridgehead atoms. The minimum Gasteiger partial charge on any atom is -0.326 e. The van der Waals surface area contributed by atoms with Crippen molar-refractivity contribution in [1.82, 2.24) is 9.55 Å². The molecule has 0 aliphatic carbocycles. The molecule has 120 valence electrons. The van der Waals surface area contributed by atoms with E-state index in [-0.39, 0.29) is 0 Å². The quantitative estimate of drug-likeness (QED) is 0.570.